The van der Waals surface area contributed by atoms with Gasteiger partial charge in [0.1, 0.15) is 5.75 Å². The molecule has 2 rings (SSSR count). The summed E-state index contributed by atoms with van der Waals surface area (Å²) in [6.07, 6.45) is 2.76. The summed E-state index contributed by atoms with van der Waals surface area (Å²) >= 11 is 3.39. The third kappa shape index (κ3) is 4.02. The van der Waals surface area contributed by atoms with Crippen molar-refractivity contribution < 1.29 is 9.53 Å². The molecule has 98 valence electrons. The number of carbonyl (C=O) groups excluding carboxylic acids is 1. The fourth-order valence-corrected chi connectivity index (χ4v) is 2.29. The first kappa shape index (κ1) is 13.4. The highest BCUT2D eigenvalue weighted by atomic mass is 79.9. The number of carbonyl (C=O) groups is 1. The Kier molecular flexibility index (Phi) is 5.05. The lowest BCUT2D eigenvalue weighted by molar-refractivity contribution is -0.132. The van der Waals surface area contributed by atoms with E-state index in [4.69, 9.17) is 4.74 Å². The molecular weight excluding hydrogens is 294 g/mol. The molecule has 0 N–H and O–H groups in total. The Hall–Kier alpha value is -1.03. The maximum absolute atomic E-state index is 12.0. The monoisotopic (exact) mass is 311 g/mol. The molecule has 1 aliphatic rings. The van der Waals surface area contributed by atoms with E-state index in [0.29, 0.717) is 19.1 Å². The SMILES string of the molecule is O=C(CCOc1ccccc1)N(CCBr)C1CC1. The Morgan fingerprint density at radius 1 is 1.33 bits per heavy atom. The summed E-state index contributed by atoms with van der Waals surface area (Å²) in [6, 6.07) is 10.1. The molecule has 1 saturated carbocycles. The quantitative estimate of drug-likeness (QED) is 0.725. The molecule has 0 heterocycles. The lowest BCUT2D eigenvalue weighted by Crippen LogP contribution is -2.35. The van der Waals surface area contributed by atoms with Gasteiger partial charge in [0.05, 0.1) is 13.0 Å². The van der Waals surface area contributed by atoms with Gasteiger partial charge in [0.25, 0.3) is 0 Å². The van der Waals surface area contributed by atoms with Crippen LogP contribution >= 0.6 is 15.9 Å². The number of para-hydroxylation sites is 1. The minimum absolute atomic E-state index is 0.202. The maximum atomic E-state index is 12.0. The van der Waals surface area contributed by atoms with Crippen molar-refractivity contribution in [2.24, 2.45) is 0 Å². The minimum atomic E-state index is 0.202. The predicted molar refractivity (Wildman–Crippen MR) is 75.1 cm³/mol. The van der Waals surface area contributed by atoms with Crippen molar-refractivity contribution in [1.29, 1.82) is 0 Å². The van der Waals surface area contributed by atoms with Crippen LogP contribution in [0.3, 0.4) is 0 Å². The molecular formula is C14H18BrNO2. The zero-order valence-electron chi connectivity index (χ0n) is 10.3. The van der Waals surface area contributed by atoms with Crippen LogP contribution in [-0.2, 0) is 4.79 Å². The number of amides is 1. The van der Waals surface area contributed by atoms with E-state index in [9.17, 15) is 4.79 Å². The number of halogens is 1. The molecule has 18 heavy (non-hydrogen) atoms. The minimum Gasteiger partial charge on any atom is -0.493 e. The van der Waals surface area contributed by atoms with E-state index in [-0.39, 0.29) is 5.91 Å². The van der Waals surface area contributed by atoms with Crippen molar-refractivity contribution in [1.82, 2.24) is 4.90 Å². The summed E-state index contributed by atoms with van der Waals surface area (Å²) in [5.74, 6) is 1.02. The Labute approximate surface area is 116 Å². The average Bonchev–Trinajstić information content (AvgIpc) is 3.21. The van der Waals surface area contributed by atoms with E-state index in [1.165, 1.54) is 0 Å². The molecule has 0 unspecified atom stereocenters. The number of nitrogens with zero attached hydrogens (tertiary/aromatic N) is 1. The molecule has 0 spiro atoms. The molecule has 1 aliphatic carbocycles. The standard InChI is InChI=1S/C14H18BrNO2/c15-9-10-16(12-6-7-12)14(17)8-11-18-13-4-2-1-3-5-13/h1-5,12H,6-11H2. The van der Waals surface area contributed by atoms with E-state index < -0.39 is 0 Å². The van der Waals surface area contributed by atoms with E-state index in [0.717, 1.165) is 30.5 Å². The fourth-order valence-electron chi connectivity index (χ4n) is 1.90. The first-order valence-electron chi connectivity index (χ1n) is 6.34. The number of hydrogen-bond acceptors (Lipinski definition) is 2. The lowest BCUT2D eigenvalue weighted by Gasteiger charge is -2.21. The normalized spacial score (nSPS) is 14.3. The summed E-state index contributed by atoms with van der Waals surface area (Å²) in [6.45, 7) is 1.25. The summed E-state index contributed by atoms with van der Waals surface area (Å²) < 4.78 is 5.55. The van der Waals surface area contributed by atoms with Crippen LogP contribution in [0.15, 0.2) is 30.3 Å². The Bertz CT molecular complexity index is 379. The van der Waals surface area contributed by atoms with E-state index >= 15 is 0 Å². The van der Waals surface area contributed by atoms with E-state index in [2.05, 4.69) is 15.9 Å². The molecule has 1 aromatic rings. The maximum Gasteiger partial charge on any atom is 0.226 e. The average molecular weight is 312 g/mol. The summed E-state index contributed by atoms with van der Waals surface area (Å²) in [5, 5.41) is 0.842. The van der Waals surface area contributed by atoms with Gasteiger partial charge in [-0.25, -0.2) is 0 Å². The topological polar surface area (TPSA) is 29.5 Å². The van der Waals surface area contributed by atoms with Gasteiger partial charge in [0, 0.05) is 17.9 Å². The number of hydrogen-bond donors (Lipinski definition) is 0. The van der Waals surface area contributed by atoms with Gasteiger partial charge in [-0.2, -0.15) is 0 Å². The van der Waals surface area contributed by atoms with Gasteiger partial charge < -0.3 is 9.64 Å². The van der Waals surface area contributed by atoms with Gasteiger partial charge in [0.15, 0.2) is 0 Å². The van der Waals surface area contributed by atoms with Crippen molar-refractivity contribution in [3.8, 4) is 5.75 Å². The van der Waals surface area contributed by atoms with Crippen molar-refractivity contribution in [3.63, 3.8) is 0 Å². The van der Waals surface area contributed by atoms with Gasteiger partial charge in [0.2, 0.25) is 5.91 Å². The van der Waals surface area contributed by atoms with E-state index in [1.807, 2.05) is 35.2 Å². The predicted octanol–water partition coefficient (Wildman–Crippen LogP) is 2.84. The van der Waals surface area contributed by atoms with Crippen LogP contribution < -0.4 is 4.74 Å². The zero-order chi connectivity index (χ0) is 12.8. The summed E-state index contributed by atoms with van der Waals surface area (Å²) in [7, 11) is 0. The third-order valence-electron chi connectivity index (χ3n) is 2.96. The van der Waals surface area contributed by atoms with Crippen molar-refractivity contribution >= 4 is 21.8 Å². The van der Waals surface area contributed by atoms with Gasteiger partial charge in [-0.1, -0.05) is 34.1 Å². The first-order valence-corrected chi connectivity index (χ1v) is 7.46. The van der Waals surface area contributed by atoms with Crippen LogP contribution in [0.25, 0.3) is 0 Å². The molecule has 0 aromatic heterocycles. The second-order valence-electron chi connectivity index (χ2n) is 4.42. The summed E-state index contributed by atoms with van der Waals surface area (Å²) in [5.41, 5.74) is 0. The molecule has 1 fully saturated rings. The highest BCUT2D eigenvalue weighted by Crippen LogP contribution is 2.27. The largest absolute Gasteiger partial charge is 0.493 e. The van der Waals surface area contributed by atoms with Crippen LogP contribution in [0.1, 0.15) is 19.3 Å². The molecule has 1 amide bonds. The van der Waals surface area contributed by atoms with Crippen LogP contribution in [0, 0.1) is 0 Å². The molecule has 0 saturated heterocycles. The van der Waals surface area contributed by atoms with Crippen molar-refractivity contribution in [2.45, 2.75) is 25.3 Å². The number of ether oxygens (including phenoxy) is 1. The van der Waals surface area contributed by atoms with Crippen LogP contribution in [-0.4, -0.2) is 35.3 Å². The first-order chi connectivity index (χ1) is 8.81. The van der Waals surface area contributed by atoms with Gasteiger partial charge in [-0.05, 0) is 25.0 Å². The van der Waals surface area contributed by atoms with E-state index in [1.54, 1.807) is 0 Å². The van der Waals surface area contributed by atoms with Crippen molar-refractivity contribution in [3.05, 3.63) is 30.3 Å². The number of rotatable bonds is 7. The Morgan fingerprint density at radius 3 is 2.67 bits per heavy atom. The van der Waals surface area contributed by atoms with Gasteiger partial charge in [-0.3, -0.25) is 4.79 Å². The van der Waals surface area contributed by atoms with Gasteiger partial charge in [-0.15, -0.1) is 0 Å². The van der Waals surface area contributed by atoms with Gasteiger partial charge >= 0.3 is 0 Å². The molecule has 3 nitrogen and oxygen atoms in total. The molecule has 0 aliphatic heterocycles. The highest BCUT2D eigenvalue weighted by Gasteiger charge is 2.31. The lowest BCUT2D eigenvalue weighted by atomic mass is 10.3. The van der Waals surface area contributed by atoms with Crippen LogP contribution in [0.5, 0.6) is 5.75 Å². The number of alkyl halides is 1. The van der Waals surface area contributed by atoms with Crippen molar-refractivity contribution in [2.75, 3.05) is 18.5 Å². The highest BCUT2D eigenvalue weighted by molar-refractivity contribution is 9.09. The molecule has 0 atom stereocenters. The Balaban J connectivity index is 1.73. The second-order valence-corrected chi connectivity index (χ2v) is 5.21. The smallest absolute Gasteiger partial charge is 0.226 e. The summed E-state index contributed by atoms with van der Waals surface area (Å²) in [4.78, 5) is 14.0. The molecule has 1 aromatic carbocycles. The third-order valence-corrected chi connectivity index (χ3v) is 3.32. The molecule has 0 bridgehead atoms. The Morgan fingerprint density at radius 2 is 2.06 bits per heavy atom. The van der Waals surface area contributed by atoms with Crippen LogP contribution in [0.4, 0.5) is 0 Å². The fraction of sp³-hybridized carbons (Fsp3) is 0.500. The second kappa shape index (κ2) is 6.78. The molecule has 4 heteroatoms. The van der Waals surface area contributed by atoms with Crippen LogP contribution in [0.2, 0.25) is 0 Å². The zero-order valence-corrected chi connectivity index (χ0v) is 11.9. The number of benzene rings is 1. The molecule has 0 radical (unpaired) electrons.